The van der Waals surface area contributed by atoms with Gasteiger partial charge in [-0.2, -0.15) is 0 Å². The van der Waals surface area contributed by atoms with Crippen molar-refractivity contribution >= 4 is 17.2 Å². The van der Waals surface area contributed by atoms with Crippen LogP contribution in [-0.2, 0) is 0 Å². The summed E-state index contributed by atoms with van der Waals surface area (Å²) in [5.74, 6) is 0.846. The molecule has 2 saturated heterocycles. The van der Waals surface area contributed by atoms with Crippen molar-refractivity contribution in [3.63, 3.8) is 0 Å². The summed E-state index contributed by atoms with van der Waals surface area (Å²) in [6.07, 6.45) is 4.57. The maximum absolute atomic E-state index is 12.9. The lowest BCUT2D eigenvalue weighted by Gasteiger charge is -2.35. The van der Waals surface area contributed by atoms with Gasteiger partial charge in [0.2, 0.25) is 0 Å². The largest absolute Gasteiger partial charge is 0.497 e. The van der Waals surface area contributed by atoms with Crippen LogP contribution in [0.15, 0.2) is 29.6 Å². The van der Waals surface area contributed by atoms with Crippen LogP contribution >= 0.6 is 11.3 Å². The molecule has 1 N–H and O–H groups in total. The van der Waals surface area contributed by atoms with Crippen LogP contribution < -0.4 is 10.1 Å². The number of nitrogens with one attached hydrogen (secondary N) is 1. The highest BCUT2D eigenvalue weighted by Gasteiger charge is 2.36. The van der Waals surface area contributed by atoms with Gasteiger partial charge >= 0.3 is 0 Å². The van der Waals surface area contributed by atoms with Gasteiger partial charge < -0.3 is 15.0 Å². The third-order valence-electron chi connectivity index (χ3n) is 5.38. The van der Waals surface area contributed by atoms with E-state index in [1.165, 1.54) is 24.2 Å². The van der Waals surface area contributed by atoms with E-state index in [1.807, 2.05) is 41.6 Å². The molecule has 1 aromatic heterocycles. The summed E-state index contributed by atoms with van der Waals surface area (Å²) in [5.41, 5.74) is 1.55. The summed E-state index contributed by atoms with van der Waals surface area (Å²) in [6.45, 7) is 0. The van der Waals surface area contributed by atoms with Gasteiger partial charge in [-0.15, -0.1) is 11.3 Å². The second kappa shape index (κ2) is 6.77. The van der Waals surface area contributed by atoms with Crippen LogP contribution in [0.4, 0.5) is 0 Å². The van der Waals surface area contributed by atoms with E-state index in [0.29, 0.717) is 23.8 Å². The summed E-state index contributed by atoms with van der Waals surface area (Å²) in [6, 6.07) is 9.23. The number of piperidine rings is 1. The molecular formula is C19H23N3O2S. The van der Waals surface area contributed by atoms with E-state index in [1.54, 1.807) is 7.11 Å². The van der Waals surface area contributed by atoms with Gasteiger partial charge in [-0.05, 0) is 49.9 Å². The Morgan fingerprint density at radius 1 is 1.24 bits per heavy atom. The summed E-state index contributed by atoms with van der Waals surface area (Å²) in [7, 11) is 3.57. The number of aromatic nitrogens is 1. The van der Waals surface area contributed by atoms with Crippen molar-refractivity contribution in [2.45, 2.75) is 43.8 Å². The van der Waals surface area contributed by atoms with Crippen molar-refractivity contribution in [3.8, 4) is 16.3 Å². The molecule has 1 aromatic carbocycles. The zero-order valence-corrected chi connectivity index (χ0v) is 15.4. The number of ether oxygens (including phenoxy) is 1. The first-order chi connectivity index (χ1) is 12.1. The molecule has 2 fully saturated rings. The minimum absolute atomic E-state index is 0.0299. The SMILES string of the molecule is COc1ccc(-c2nc(C(=O)N(C)C3CC4CCC(C3)N4)cs2)cc1. The average Bonchev–Trinajstić information content (AvgIpc) is 3.27. The first-order valence-corrected chi connectivity index (χ1v) is 9.65. The molecule has 1 amide bonds. The Balaban J connectivity index is 1.48. The number of methoxy groups -OCH3 is 1. The molecule has 2 bridgehead atoms. The fourth-order valence-corrected chi connectivity index (χ4v) is 4.73. The summed E-state index contributed by atoms with van der Waals surface area (Å²) in [4.78, 5) is 19.3. The van der Waals surface area contributed by atoms with Crippen LogP contribution in [0.25, 0.3) is 10.6 Å². The normalized spacial score (nSPS) is 25.0. The second-order valence-electron chi connectivity index (χ2n) is 6.95. The van der Waals surface area contributed by atoms with Crippen LogP contribution in [0.3, 0.4) is 0 Å². The summed E-state index contributed by atoms with van der Waals surface area (Å²) in [5, 5.41) is 6.36. The van der Waals surface area contributed by atoms with Crippen LogP contribution in [0, 0.1) is 0 Å². The number of amides is 1. The second-order valence-corrected chi connectivity index (χ2v) is 7.80. The third kappa shape index (κ3) is 3.28. The molecule has 2 aliphatic heterocycles. The number of nitrogens with zero attached hydrogens (tertiary/aromatic N) is 2. The highest BCUT2D eigenvalue weighted by atomic mass is 32.1. The van der Waals surface area contributed by atoms with Crippen LogP contribution in [0.1, 0.15) is 36.2 Å². The number of fused-ring (bicyclic) bond motifs is 2. The smallest absolute Gasteiger partial charge is 0.273 e. The molecule has 2 atom stereocenters. The number of rotatable bonds is 4. The molecule has 2 aliphatic rings. The Morgan fingerprint density at radius 3 is 2.56 bits per heavy atom. The first kappa shape index (κ1) is 16.5. The fourth-order valence-electron chi connectivity index (χ4n) is 3.93. The quantitative estimate of drug-likeness (QED) is 0.913. The van der Waals surface area contributed by atoms with E-state index >= 15 is 0 Å². The van der Waals surface area contributed by atoms with E-state index in [9.17, 15) is 4.79 Å². The van der Waals surface area contributed by atoms with E-state index in [2.05, 4.69) is 10.3 Å². The highest BCUT2D eigenvalue weighted by Crippen LogP contribution is 2.31. The Morgan fingerprint density at radius 2 is 1.92 bits per heavy atom. The molecule has 0 aliphatic carbocycles. The lowest BCUT2D eigenvalue weighted by molar-refractivity contribution is 0.0676. The number of carbonyl (C=O) groups excluding carboxylic acids is 1. The number of benzene rings is 1. The Bertz CT molecular complexity index is 746. The van der Waals surface area contributed by atoms with Crippen LogP contribution in [-0.4, -0.2) is 48.1 Å². The molecule has 5 nitrogen and oxygen atoms in total. The van der Waals surface area contributed by atoms with E-state index in [-0.39, 0.29) is 5.91 Å². The Kier molecular flexibility index (Phi) is 4.48. The van der Waals surface area contributed by atoms with Crippen LogP contribution in [0.5, 0.6) is 5.75 Å². The first-order valence-electron chi connectivity index (χ1n) is 8.77. The zero-order chi connectivity index (χ0) is 17.4. The van der Waals surface area contributed by atoms with Crippen molar-refractivity contribution in [2.24, 2.45) is 0 Å². The third-order valence-corrected chi connectivity index (χ3v) is 6.27. The molecule has 4 rings (SSSR count). The molecule has 25 heavy (non-hydrogen) atoms. The van der Waals surface area contributed by atoms with Gasteiger partial charge in [-0.25, -0.2) is 4.98 Å². The van der Waals surface area contributed by atoms with Crippen molar-refractivity contribution in [3.05, 3.63) is 35.3 Å². The lowest BCUT2D eigenvalue weighted by atomic mass is 9.98. The van der Waals surface area contributed by atoms with Crippen molar-refractivity contribution in [1.82, 2.24) is 15.2 Å². The van der Waals surface area contributed by atoms with Gasteiger partial charge in [0.1, 0.15) is 16.5 Å². The molecule has 2 unspecified atom stereocenters. The molecule has 0 saturated carbocycles. The minimum atomic E-state index is 0.0299. The monoisotopic (exact) mass is 357 g/mol. The number of carbonyl (C=O) groups is 1. The van der Waals surface area contributed by atoms with Gasteiger partial charge in [0.05, 0.1) is 7.11 Å². The van der Waals surface area contributed by atoms with Gasteiger partial charge in [0, 0.05) is 36.1 Å². The molecule has 0 spiro atoms. The van der Waals surface area contributed by atoms with Crippen molar-refractivity contribution < 1.29 is 9.53 Å². The number of hydrogen-bond acceptors (Lipinski definition) is 5. The predicted octanol–water partition coefficient (Wildman–Crippen LogP) is 3.17. The molecule has 6 heteroatoms. The standard InChI is InChI=1S/C19H23N3O2S/c1-22(15-9-13-5-6-14(10-15)20-13)19(23)17-11-25-18(21-17)12-3-7-16(24-2)8-4-12/h3-4,7-8,11,13-15,20H,5-6,9-10H2,1-2H3. The number of hydrogen-bond donors (Lipinski definition) is 1. The maximum atomic E-state index is 12.9. The molecule has 2 aromatic rings. The Hall–Kier alpha value is -1.92. The predicted molar refractivity (Wildman–Crippen MR) is 99.2 cm³/mol. The molecule has 0 radical (unpaired) electrons. The lowest BCUT2D eigenvalue weighted by Crippen LogP contribution is -2.48. The van der Waals surface area contributed by atoms with E-state index in [4.69, 9.17) is 4.74 Å². The highest BCUT2D eigenvalue weighted by molar-refractivity contribution is 7.13. The van der Waals surface area contributed by atoms with Gasteiger partial charge in [-0.1, -0.05) is 0 Å². The van der Waals surface area contributed by atoms with Gasteiger partial charge in [-0.3, -0.25) is 4.79 Å². The average molecular weight is 357 g/mol. The summed E-state index contributed by atoms with van der Waals surface area (Å²) < 4.78 is 5.19. The van der Waals surface area contributed by atoms with Gasteiger partial charge in [0.25, 0.3) is 5.91 Å². The Labute approximate surface area is 152 Å². The van der Waals surface area contributed by atoms with Crippen molar-refractivity contribution in [1.29, 1.82) is 0 Å². The van der Waals surface area contributed by atoms with Gasteiger partial charge in [0.15, 0.2) is 0 Å². The topological polar surface area (TPSA) is 54.5 Å². The molecular weight excluding hydrogens is 334 g/mol. The van der Waals surface area contributed by atoms with E-state index < -0.39 is 0 Å². The van der Waals surface area contributed by atoms with Crippen molar-refractivity contribution in [2.75, 3.05) is 14.2 Å². The van der Waals surface area contributed by atoms with Crippen LogP contribution in [0.2, 0.25) is 0 Å². The zero-order valence-electron chi connectivity index (χ0n) is 14.6. The molecule has 132 valence electrons. The summed E-state index contributed by atoms with van der Waals surface area (Å²) >= 11 is 1.51. The van der Waals surface area contributed by atoms with E-state index in [0.717, 1.165) is 29.2 Å². The number of thiazole rings is 1. The fraction of sp³-hybridized carbons (Fsp3) is 0.474. The maximum Gasteiger partial charge on any atom is 0.273 e. The molecule has 3 heterocycles. The minimum Gasteiger partial charge on any atom is -0.497 e.